The number of nitrogens with zero attached hydrogens (tertiary/aromatic N) is 1. The molecule has 0 atom stereocenters. The monoisotopic (exact) mass is 227 g/mol. The molecule has 1 aromatic carbocycles. The molecular weight excluding hydrogens is 222 g/mol. The molecule has 0 aliphatic carbocycles. The molecule has 1 aromatic heterocycles. The minimum atomic E-state index is -3.70. The first-order chi connectivity index (χ1) is 6.59. The lowest BCUT2D eigenvalue weighted by molar-refractivity contribution is 0.610. The Labute approximate surface area is 85.8 Å². The van der Waals surface area contributed by atoms with E-state index >= 15 is 0 Å². The smallest absolute Gasteiger partial charge is 0.256 e. The van der Waals surface area contributed by atoms with Crippen molar-refractivity contribution in [3.05, 3.63) is 36.5 Å². The molecule has 0 aliphatic heterocycles. The molecule has 0 unspecified atom stereocenters. The Morgan fingerprint density at radius 3 is 2.57 bits per heavy atom. The molecule has 0 amide bonds. The van der Waals surface area contributed by atoms with Gasteiger partial charge in [-0.05, 0) is 12.1 Å². The van der Waals surface area contributed by atoms with Crippen molar-refractivity contribution in [2.45, 2.75) is 4.90 Å². The molecule has 72 valence electrons. The highest BCUT2D eigenvalue weighted by molar-refractivity contribution is 8.14. The van der Waals surface area contributed by atoms with Gasteiger partial charge in [-0.2, -0.15) is 0 Å². The second-order valence-electron chi connectivity index (χ2n) is 2.76. The van der Waals surface area contributed by atoms with E-state index in [1.165, 1.54) is 12.3 Å². The molecule has 0 radical (unpaired) electrons. The van der Waals surface area contributed by atoms with Gasteiger partial charge in [0.15, 0.2) is 0 Å². The molecule has 2 rings (SSSR count). The highest BCUT2D eigenvalue weighted by atomic mass is 35.7. The van der Waals surface area contributed by atoms with Gasteiger partial charge in [-0.25, -0.2) is 8.42 Å². The van der Waals surface area contributed by atoms with E-state index in [-0.39, 0.29) is 4.90 Å². The molecule has 0 N–H and O–H groups in total. The van der Waals surface area contributed by atoms with Gasteiger partial charge in [-0.1, -0.05) is 18.2 Å². The molecule has 0 aliphatic rings. The van der Waals surface area contributed by atoms with E-state index in [9.17, 15) is 8.42 Å². The fraction of sp³-hybridized carbons (Fsp3) is 0. The van der Waals surface area contributed by atoms with Crippen LogP contribution < -0.4 is 0 Å². The van der Waals surface area contributed by atoms with Crippen LogP contribution in [-0.4, -0.2) is 13.4 Å². The van der Waals surface area contributed by atoms with Gasteiger partial charge in [-0.3, -0.25) is 4.98 Å². The zero-order valence-corrected chi connectivity index (χ0v) is 8.59. The Morgan fingerprint density at radius 1 is 1.14 bits per heavy atom. The van der Waals surface area contributed by atoms with Crippen LogP contribution in [0.3, 0.4) is 0 Å². The van der Waals surface area contributed by atoms with E-state index < -0.39 is 9.05 Å². The minimum Gasteiger partial charge on any atom is -0.256 e. The molecule has 0 saturated carbocycles. The van der Waals surface area contributed by atoms with Crippen LogP contribution in [0, 0.1) is 0 Å². The van der Waals surface area contributed by atoms with Crippen LogP contribution in [0.4, 0.5) is 0 Å². The van der Waals surface area contributed by atoms with Crippen molar-refractivity contribution in [3.63, 3.8) is 0 Å². The van der Waals surface area contributed by atoms with E-state index in [0.29, 0.717) is 10.9 Å². The van der Waals surface area contributed by atoms with Gasteiger partial charge >= 0.3 is 0 Å². The lowest BCUT2D eigenvalue weighted by Gasteiger charge is -2.00. The average molecular weight is 228 g/mol. The maximum Gasteiger partial charge on any atom is 0.262 e. The maximum atomic E-state index is 11.2. The lowest BCUT2D eigenvalue weighted by Crippen LogP contribution is -1.92. The van der Waals surface area contributed by atoms with Crippen LogP contribution in [-0.2, 0) is 9.05 Å². The Hall–Kier alpha value is -1.13. The van der Waals surface area contributed by atoms with Crippen molar-refractivity contribution in [1.82, 2.24) is 4.98 Å². The van der Waals surface area contributed by atoms with E-state index in [1.807, 2.05) is 0 Å². The topological polar surface area (TPSA) is 47.0 Å². The maximum absolute atomic E-state index is 11.2. The molecule has 0 fully saturated rings. The molecule has 2 aromatic rings. The van der Waals surface area contributed by atoms with Gasteiger partial charge in [0.2, 0.25) is 0 Å². The summed E-state index contributed by atoms with van der Waals surface area (Å²) in [5.74, 6) is 0. The zero-order valence-electron chi connectivity index (χ0n) is 7.01. The zero-order chi connectivity index (χ0) is 10.2. The molecule has 3 nitrogen and oxygen atoms in total. The largest absolute Gasteiger partial charge is 0.262 e. The van der Waals surface area contributed by atoms with Gasteiger partial charge in [-0.15, -0.1) is 0 Å². The summed E-state index contributed by atoms with van der Waals surface area (Å²) < 4.78 is 22.4. The number of pyridine rings is 1. The Bertz CT molecular complexity index is 575. The third kappa shape index (κ3) is 1.58. The van der Waals surface area contributed by atoms with Gasteiger partial charge in [0, 0.05) is 22.3 Å². The summed E-state index contributed by atoms with van der Waals surface area (Å²) in [6, 6.07) is 8.35. The SMILES string of the molecule is O=S(=O)(Cl)c1ccnc2ccccc12. The molecule has 0 saturated heterocycles. The summed E-state index contributed by atoms with van der Waals surface area (Å²) in [5.41, 5.74) is 0.620. The number of fused-ring (bicyclic) bond motifs is 1. The first-order valence-corrected chi connectivity index (χ1v) is 6.18. The average Bonchev–Trinajstić information content (AvgIpc) is 2.15. The van der Waals surface area contributed by atoms with Crippen molar-refractivity contribution in [2.75, 3.05) is 0 Å². The summed E-state index contributed by atoms with van der Waals surface area (Å²) in [5, 5.41) is 0.546. The number of benzene rings is 1. The summed E-state index contributed by atoms with van der Waals surface area (Å²) >= 11 is 0. The Morgan fingerprint density at radius 2 is 1.86 bits per heavy atom. The minimum absolute atomic E-state index is 0.102. The van der Waals surface area contributed by atoms with Crippen LogP contribution in [0.1, 0.15) is 0 Å². The summed E-state index contributed by atoms with van der Waals surface area (Å²) in [6.07, 6.45) is 1.43. The van der Waals surface area contributed by atoms with Gasteiger partial charge in [0.05, 0.1) is 10.4 Å². The second kappa shape index (κ2) is 3.22. The Balaban J connectivity index is 2.92. The third-order valence-corrected chi connectivity index (χ3v) is 3.25. The highest BCUT2D eigenvalue weighted by Gasteiger charge is 2.13. The first-order valence-electron chi connectivity index (χ1n) is 3.87. The second-order valence-corrected chi connectivity index (χ2v) is 5.30. The number of rotatable bonds is 1. The van der Waals surface area contributed by atoms with Crippen molar-refractivity contribution in [1.29, 1.82) is 0 Å². The van der Waals surface area contributed by atoms with Gasteiger partial charge < -0.3 is 0 Å². The standard InChI is InChI=1S/C9H6ClNO2S/c10-14(12,13)9-5-6-11-8-4-2-1-3-7(8)9/h1-6H. The van der Waals surface area contributed by atoms with E-state index in [0.717, 1.165) is 0 Å². The number of aromatic nitrogens is 1. The van der Waals surface area contributed by atoms with Crippen molar-refractivity contribution < 1.29 is 8.42 Å². The fourth-order valence-corrected chi connectivity index (χ4v) is 2.34. The predicted octanol–water partition coefficient (Wildman–Crippen LogP) is 2.16. The number of hydrogen-bond donors (Lipinski definition) is 0. The van der Waals surface area contributed by atoms with Gasteiger partial charge in [0.25, 0.3) is 9.05 Å². The van der Waals surface area contributed by atoms with Crippen LogP contribution in [0.5, 0.6) is 0 Å². The van der Waals surface area contributed by atoms with E-state index in [1.54, 1.807) is 24.3 Å². The van der Waals surface area contributed by atoms with E-state index in [4.69, 9.17) is 10.7 Å². The lowest BCUT2D eigenvalue weighted by atomic mass is 10.2. The highest BCUT2D eigenvalue weighted by Crippen LogP contribution is 2.23. The van der Waals surface area contributed by atoms with Crippen molar-refractivity contribution in [3.8, 4) is 0 Å². The van der Waals surface area contributed by atoms with E-state index in [2.05, 4.69) is 4.98 Å². The summed E-state index contributed by atoms with van der Waals surface area (Å²) in [6.45, 7) is 0. The molecule has 0 bridgehead atoms. The summed E-state index contributed by atoms with van der Waals surface area (Å²) in [7, 11) is 1.58. The summed E-state index contributed by atoms with van der Waals surface area (Å²) in [4.78, 5) is 4.13. The number of halogens is 1. The normalized spacial score (nSPS) is 11.8. The number of hydrogen-bond acceptors (Lipinski definition) is 3. The molecule has 14 heavy (non-hydrogen) atoms. The first kappa shape index (κ1) is 9.43. The quantitative estimate of drug-likeness (QED) is 0.702. The molecule has 1 heterocycles. The van der Waals surface area contributed by atoms with Crippen molar-refractivity contribution >= 4 is 30.6 Å². The molecular formula is C9H6ClNO2S. The molecule has 0 spiro atoms. The van der Waals surface area contributed by atoms with Gasteiger partial charge in [0.1, 0.15) is 0 Å². The number of para-hydroxylation sites is 1. The van der Waals surface area contributed by atoms with Crippen LogP contribution >= 0.6 is 10.7 Å². The third-order valence-electron chi connectivity index (χ3n) is 1.87. The van der Waals surface area contributed by atoms with Crippen LogP contribution in [0.25, 0.3) is 10.9 Å². The molecule has 5 heteroatoms. The van der Waals surface area contributed by atoms with Crippen molar-refractivity contribution in [2.24, 2.45) is 0 Å². The Kier molecular flexibility index (Phi) is 2.17. The predicted molar refractivity (Wildman–Crippen MR) is 54.8 cm³/mol. The fourth-order valence-electron chi connectivity index (χ4n) is 1.28. The van der Waals surface area contributed by atoms with Crippen LogP contribution in [0.15, 0.2) is 41.4 Å². The van der Waals surface area contributed by atoms with Crippen LogP contribution in [0.2, 0.25) is 0 Å².